The molecule has 88 valence electrons. The minimum Gasteiger partial charge on any atom is -0.370 e. The molecule has 1 aromatic carbocycles. The zero-order valence-corrected chi connectivity index (χ0v) is 11.4. The summed E-state index contributed by atoms with van der Waals surface area (Å²) in [6, 6.07) is 14.5. The maximum absolute atomic E-state index is 4.33. The monoisotopic (exact) mass is 290 g/mol. The molecule has 1 heterocycles. The Balaban J connectivity index is 1.87. The molecule has 0 amide bonds. The highest BCUT2D eigenvalue weighted by Crippen LogP contribution is 2.10. The van der Waals surface area contributed by atoms with Crippen LogP contribution in [0, 0.1) is 6.92 Å². The molecule has 1 aromatic heterocycles. The Bertz CT molecular complexity index is 452. The lowest BCUT2D eigenvalue weighted by atomic mass is 10.1. The molecule has 0 fully saturated rings. The summed E-state index contributed by atoms with van der Waals surface area (Å²) >= 11 is 3.36. The number of nitrogens with zero attached hydrogens (tertiary/aromatic N) is 1. The van der Waals surface area contributed by atoms with Crippen LogP contribution in [0.5, 0.6) is 0 Å². The summed E-state index contributed by atoms with van der Waals surface area (Å²) in [4.78, 5) is 4.33. The fourth-order valence-electron chi connectivity index (χ4n) is 1.71. The van der Waals surface area contributed by atoms with Crippen LogP contribution in [0.2, 0.25) is 0 Å². The smallest absolute Gasteiger partial charge is 0.127 e. The van der Waals surface area contributed by atoms with E-state index in [1.807, 2.05) is 18.2 Å². The highest BCUT2D eigenvalue weighted by molar-refractivity contribution is 9.10. The maximum atomic E-state index is 4.33. The molecule has 3 heteroatoms. The highest BCUT2D eigenvalue weighted by Gasteiger charge is 1.96. The number of halogens is 1. The summed E-state index contributed by atoms with van der Waals surface area (Å²) in [7, 11) is 0. The van der Waals surface area contributed by atoms with Crippen LogP contribution in [0.4, 0.5) is 5.82 Å². The van der Waals surface area contributed by atoms with Gasteiger partial charge >= 0.3 is 0 Å². The van der Waals surface area contributed by atoms with Crippen molar-refractivity contribution in [3.8, 4) is 0 Å². The van der Waals surface area contributed by atoms with Crippen molar-refractivity contribution in [3.05, 3.63) is 58.2 Å². The van der Waals surface area contributed by atoms with Gasteiger partial charge in [-0.05, 0) is 47.0 Å². The molecule has 0 bridgehead atoms. The zero-order chi connectivity index (χ0) is 12.1. The lowest BCUT2D eigenvalue weighted by Crippen LogP contribution is -2.06. The van der Waals surface area contributed by atoms with Crippen LogP contribution in [-0.2, 0) is 6.42 Å². The molecule has 1 N–H and O–H groups in total. The number of aryl methyl sites for hydroxylation is 1. The van der Waals surface area contributed by atoms with Crippen LogP contribution in [0.1, 0.15) is 11.1 Å². The summed E-state index contributed by atoms with van der Waals surface area (Å²) < 4.78 is 0.859. The number of hydrogen-bond acceptors (Lipinski definition) is 2. The number of rotatable bonds is 4. The minimum absolute atomic E-state index is 0.859. The van der Waals surface area contributed by atoms with Gasteiger partial charge in [0.25, 0.3) is 0 Å². The number of anilines is 1. The fourth-order valence-corrected chi connectivity index (χ4v) is 2.05. The van der Waals surface area contributed by atoms with Gasteiger partial charge < -0.3 is 5.32 Å². The molecule has 0 unspecified atom stereocenters. The first-order valence-electron chi connectivity index (χ1n) is 5.66. The average molecular weight is 291 g/mol. The van der Waals surface area contributed by atoms with Crippen LogP contribution >= 0.6 is 15.9 Å². The standard InChI is InChI=1S/C14H15BrN2/c1-11-4-2-5-12(10-11)8-9-16-14-7-3-6-13(15)17-14/h2-7,10H,8-9H2,1H3,(H,16,17). The predicted molar refractivity (Wildman–Crippen MR) is 75.3 cm³/mol. The Hall–Kier alpha value is -1.35. The summed E-state index contributed by atoms with van der Waals surface area (Å²) in [5.41, 5.74) is 2.66. The van der Waals surface area contributed by atoms with E-state index in [9.17, 15) is 0 Å². The molecule has 2 aromatic rings. The van der Waals surface area contributed by atoms with Crippen molar-refractivity contribution in [3.63, 3.8) is 0 Å². The van der Waals surface area contributed by atoms with E-state index in [2.05, 4.69) is 57.4 Å². The van der Waals surface area contributed by atoms with Crippen molar-refractivity contribution in [2.75, 3.05) is 11.9 Å². The molecule has 0 aliphatic carbocycles. The average Bonchev–Trinajstić information content (AvgIpc) is 2.29. The quantitative estimate of drug-likeness (QED) is 0.866. The number of nitrogens with one attached hydrogen (secondary N) is 1. The van der Waals surface area contributed by atoms with Crippen LogP contribution in [0.3, 0.4) is 0 Å². The van der Waals surface area contributed by atoms with Crippen molar-refractivity contribution < 1.29 is 0 Å². The largest absolute Gasteiger partial charge is 0.370 e. The normalized spacial score (nSPS) is 10.2. The van der Waals surface area contributed by atoms with Gasteiger partial charge in [-0.2, -0.15) is 0 Å². The van der Waals surface area contributed by atoms with Gasteiger partial charge in [0.2, 0.25) is 0 Å². The summed E-state index contributed by atoms with van der Waals surface area (Å²) in [5, 5.41) is 3.31. The molecule has 2 nitrogen and oxygen atoms in total. The lowest BCUT2D eigenvalue weighted by molar-refractivity contribution is 1.00. The Morgan fingerprint density at radius 1 is 1.18 bits per heavy atom. The third kappa shape index (κ3) is 3.86. The van der Waals surface area contributed by atoms with Gasteiger partial charge in [0.05, 0.1) is 0 Å². The van der Waals surface area contributed by atoms with Crippen molar-refractivity contribution in [1.29, 1.82) is 0 Å². The van der Waals surface area contributed by atoms with Crippen molar-refractivity contribution in [2.45, 2.75) is 13.3 Å². The topological polar surface area (TPSA) is 24.9 Å². The summed E-state index contributed by atoms with van der Waals surface area (Å²) in [6.07, 6.45) is 1.01. The van der Waals surface area contributed by atoms with Crippen molar-refractivity contribution in [1.82, 2.24) is 4.98 Å². The molecular weight excluding hydrogens is 276 g/mol. The van der Waals surface area contributed by atoms with Crippen LogP contribution in [0.15, 0.2) is 47.1 Å². The number of benzene rings is 1. The van der Waals surface area contributed by atoms with Crippen molar-refractivity contribution in [2.24, 2.45) is 0 Å². The van der Waals surface area contributed by atoms with E-state index in [0.29, 0.717) is 0 Å². The second-order valence-electron chi connectivity index (χ2n) is 4.01. The van der Waals surface area contributed by atoms with E-state index >= 15 is 0 Å². The zero-order valence-electron chi connectivity index (χ0n) is 9.78. The molecule has 0 atom stereocenters. The third-order valence-electron chi connectivity index (χ3n) is 2.52. The molecule has 0 saturated carbocycles. The van der Waals surface area contributed by atoms with Gasteiger partial charge in [-0.1, -0.05) is 35.9 Å². The SMILES string of the molecule is Cc1cccc(CCNc2cccc(Br)n2)c1. The van der Waals surface area contributed by atoms with E-state index < -0.39 is 0 Å². The number of aromatic nitrogens is 1. The number of hydrogen-bond donors (Lipinski definition) is 1. The Morgan fingerprint density at radius 3 is 2.76 bits per heavy atom. The molecule has 0 spiro atoms. The van der Waals surface area contributed by atoms with Crippen LogP contribution in [-0.4, -0.2) is 11.5 Å². The second kappa shape index (κ2) is 5.82. The lowest BCUT2D eigenvalue weighted by Gasteiger charge is -2.06. The predicted octanol–water partition coefficient (Wildman–Crippen LogP) is 3.81. The molecule has 17 heavy (non-hydrogen) atoms. The summed E-state index contributed by atoms with van der Waals surface area (Å²) in [5.74, 6) is 0.909. The van der Waals surface area contributed by atoms with Crippen LogP contribution < -0.4 is 5.32 Å². The minimum atomic E-state index is 0.859. The van der Waals surface area contributed by atoms with E-state index in [1.165, 1.54) is 11.1 Å². The Labute approximate surface area is 110 Å². The van der Waals surface area contributed by atoms with Crippen LogP contribution in [0.25, 0.3) is 0 Å². The first-order valence-corrected chi connectivity index (χ1v) is 6.45. The molecule has 0 aliphatic rings. The Morgan fingerprint density at radius 2 is 2.00 bits per heavy atom. The highest BCUT2D eigenvalue weighted by atomic mass is 79.9. The maximum Gasteiger partial charge on any atom is 0.127 e. The molecular formula is C14H15BrN2. The molecule has 2 rings (SSSR count). The van der Waals surface area contributed by atoms with Gasteiger partial charge in [0.1, 0.15) is 10.4 Å². The first kappa shape index (κ1) is 12.1. The summed E-state index contributed by atoms with van der Waals surface area (Å²) in [6.45, 7) is 3.01. The first-order chi connectivity index (χ1) is 8.24. The van der Waals surface area contributed by atoms with Gasteiger partial charge in [-0.25, -0.2) is 4.98 Å². The van der Waals surface area contributed by atoms with E-state index in [-0.39, 0.29) is 0 Å². The molecule has 0 saturated heterocycles. The van der Waals surface area contributed by atoms with Gasteiger partial charge in [-0.15, -0.1) is 0 Å². The van der Waals surface area contributed by atoms with Gasteiger partial charge in [0.15, 0.2) is 0 Å². The molecule has 0 aliphatic heterocycles. The second-order valence-corrected chi connectivity index (χ2v) is 4.82. The fraction of sp³-hybridized carbons (Fsp3) is 0.214. The van der Waals surface area contributed by atoms with Crippen molar-refractivity contribution >= 4 is 21.7 Å². The van der Waals surface area contributed by atoms with E-state index in [4.69, 9.17) is 0 Å². The molecule has 0 radical (unpaired) electrons. The Kier molecular flexibility index (Phi) is 4.15. The van der Waals surface area contributed by atoms with Gasteiger partial charge in [-0.3, -0.25) is 0 Å². The number of pyridine rings is 1. The third-order valence-corrected chi connectivity index (χ3v) is 2.96. The van der Waals surface area contributed by atoms with Gasteiger partial charge in [0, 0.05) is 6.54 Å². The van der Waals surface area contributed by atoms with E-state index in [1.54, 1.807) is 0 Å². The van der Waals surface area contributed by atoms with E-state index in [0.717, 1.165) is 23.4 Å².